The van der Waals surface area contributed by atoms with E-state index in [2.05, 4.69) is 9.82 Å². The Balaban J connectivity index is 1.70. The summed E-state index contributed by atoms with van der Waals surface area (Å²) in [5.41, 5.74) is 6.68. The van der Waals surface area contributed by atoms with Crippen LogP contribution in [-0.4, -0.2) is 18.8 Å². The Morgan fingerprint density at radius 2 is 1.44 bits per heavy atom. The molecule has 0 aliphatic carbocycles. The Morgan fingerprint density at radius 1 is 0.897 bits per heavy atom. The summed E-state index contributed by atoms with van der Waals surface area (Å²) >= 11 is 11.8. The number of nitriles is 2. The van der Waals surface area contributed by atoms with Crippen LogP contribution in [0.2, 0.25) is 10.0 Å². The SMILES string of the molecule is C/C(=N\n1c(N)c(C#N)c(-c2ccc(Cl)cc2)c(C#N)c1=O)c1ccc(NS(=O)(=O)c2ccc(Cl)cc2)cc1. The van der Waals surface area contributed by atoms with E-state index in [1.807, 2.05) is 12.1 Å². The normalized spacial score (nSPS) is 11.5. The number of nitrogens with zero attached hydrogens (tertiary/aromatic N) is 4. The van der Waals surface area contributed by atoms with E-state index >= 15 is 0 Å². The molecule has 194 valence electrons. The van der Waals surface area contributed by atoms with Gasteiger partial charge in [0.15, 0.2) is 0 Å². The topological polar surface area (TPSA) is 154 Å². The summed E-state index contributed by atoms with van der Waals surface area (Å²) in [4.78, 5) is 13.3. The molecule has 0 fully saturated rings. The highest BCUT2D eigenvalue weighted by atomic mass is 35.5. The fourth-order valence-corrected chi connectivity index (χ4v) is 5.03. The number of sulfonamides is 1. The Bertz CT molecular complexity index is 1850. The number of nitrogen functional groups attached to an aromatic ring is 1. The van der Waals surface area contributed by atoms with E-state index in [1.165, 1.54) is 36.4 Å². The second-order valence-electron chi connectivity index (χ2n) is 8.18. The van der Waals surface area contributed by atoms with Crippen molar-refractivity contribution in [3.05, 3.63) is 110 Å². The molecule has 1 aromatic heterocycles. The maximum Gasteiger partial charge on any atom is 0.291 e. The van der Waals surface area contributed by atoms with Crippen molar-refractivity contribution >= 4 is 50.4 Å². The third kappa shape index (κ3) is 5.64. The molecule has 0 unspecified atom stereocenters. The largest absolute Gasteiger partial charge is 0.382 e. The highest BCUT2D eigenvalue weighted by Crippen LogP contribution is 2.30. The van der Waals surface area contributed by atoms with E-state index in [-0.39, 0.29) is 27.4 Å². The first-order valence-electron chi connectivity index (χ1n) is 11.1. The molecular weight excluding hydrogens is 559 g/mol. The van der Waals surface area contributed by atoms with Crippen LogP contribution in [0.4, 0.5) is 11.5 Å². The molecule has 0 aliphatic rings. The first-order valence-corrected chi connectivity index (χ1v) is 13.4. The van der Waals surface area contributed by atoms with Crippen molar-refractivity contribution in [2.24, 2.45) is 5.10 Å². The Hall–Kier alpha value is -4.61. The van der Waals surface area contributed by atoms with Gasteiger partial charge < -0.3 is 5.73 Å². The molecular formula is C27H18Cl2N6O3S. The van der Waals surface area contributed by atoms with Crippen molar-refractivity contribution in [3.8, 4) is 23.3 Å². The van der Waals surface area contributed by atoms with Crippen molar-refractivity contribution < 1.29 is 8.42 Å². The standard InChI is InChI=1S/C27H18Cl2N6O3S/c1-16(17-4-10-21(11-5-17)34-39(37,38)22-12-8-20(29)9-13-22)33-35-26(32)23(14-30)25(24(15-31)27(35)36)18-2-6-19(28)7-3-18/h2-13,34H,32H2,1H3/b33-16+. The Kier molecular flexibility index (Phi) is 7.75. The lowest BCUT2D eigenvalue weighted by Crippen LogP contribution is -2.25. The second kappa shape index (κ2) is 11.0. The third-order valence-corrected chi connectivity index (χ3v) is 7.58. The molecule has 9 nitrogen and oxygen atoms in total. The van der Waals surface area contributed by atoms with Crippen LogP contribution >= 0.6 is 23.2 Å². The van der Waals surface area contributed by atoms with E-state index in [0.717, 1.165) is 4.68 Å². The minimum Gasteiger partial charge on any atom is -0.382 e. The average molecular weight is 577 g/mol. The summed E-state index contributed by atoms with van der Waals surface area (Å²) in [6.07, 6.45) is 0. The number of anilines is 2. The molecule has 4 aromatic rings. The molecule has 0 aliphatic heterocycles. The van der Waals surface area contributed by atoms with Gasteiger partial charge in [0.05, 0.1) is 10.6 Å². The number of aromatic nitrogens is 1. The van der Waals surface area contributed by atoms with Crippen LogP contribution in [0.5, 0.6) is 0 Å². The van der Waals surface area contributed by atoms with Gasteiger partial charge in [0.2, 0.25) is 0 Å². The minimum absolute atomic E-state index is 0.0483. The van der Waals surface area contributed by atoms with Gasteiger partial charge in [-0.1, -0.05) is 47.5 Å². The summed E-state index contributed by atoms with van der Waals surface area (Å²) < 4.78 is 28.5. The van der Waals surface area contributed by atoms with Gasteiger partial charge in [0.1, 0.15) is 29.1 Å². The zero-order valence-corrected chi connectivity index (χ0v) is 22.5. The van der Waals surface area contributed by atoms with E-state index in [1.54, 1.807) is 43.3 Å². The van der Waals surface area contributed by atoms with Crippen molar-refractivity contribution in [1.82, 2.24) is 4.68 Å². The molecule has 0 amide bonds. The fraction of sp³-hybridized carbons (Fsp3) is 0.0370. The maximum absolute atomic E-state index is 13.2. The van der Waals surface area contributed by atoms with Crippen LogP contribution in [-0.2, 0) is 10.0 Å². The van der Waals surface area contributed by atoms with Crippen LogP contribution in [0.1, 0.15) is 23.6 Å². The van der Waals surface area contributed by atoms with E-state index < -0.39 is 15.6 Å². The van der Waals surface area contributed by atoms with Crippen molar-refractivity contribution in [1.29, 1.82) is 10.5 Å². The number of halogens is 2. The van der Waals surface area contributed by atoms with Crippen LogP contribution in [0.3, 0.4) is 0 Å². The van der Waals surface area contributed by atoms with Gasteiger partial charge in [-0.05, 0) is 66.6 Å². The monoisotopic (exact) mass is 576 g/mol. The van der Waals surface area contributed by atoms with Gasteiger partial charge in [0, 0.05) is 21.3 Å². The molecule has 0 saturated heterocycles. The Labute approximate surface area is 234 Å². The van der Waals surface area contributed by atoms with Crippen LogP contribution < -0.4 is 16.0 Å². The molecule has 0 atom stereocenters. The summed E-state index contributed by atoms with van der Waals surface area (Å²) in [6, 6.07) is 22.1. The lowest BCUT2D eigenvalue weighted by Gasteiger charge is -2.13. The van der Waals surface area contributed by atoms with E-state index in [4.69, 9.17) is 28.9 Å². The van der Waals surface area contributed by atoms with Crippen LogP contribution in [0.25, 0.3) is 11.1 Å². The quantitative estimate of drug-likeness (QED) is 0.300. The lowest BCUT2D eigenvalue weighted by atomic mass is 9.96. The first-order chi connectivity index (χ1) is 18.6. The van der Waals surface area contributed by atoms with Crippen molar-refractivity contribution in [3.63, 3.8) is 0 Å². The van der Waals surface area contributed by atoms with Gasteiger partial charge in [-0.25, -0.2) is 8.42 Å². The van der Waals surface area contributed by atoms with Crippen LogP contribution in [0, 0.1) is 22.7 Å². The summed E-state index contributed by atoms with van der Waals surface area (Å²) in [7, 11) is -3.84. The predicted octanol–water partition coefficient (Wildman–Crippen LogP) is 5.22. The highest BCUT2D eigenvalue weighted by Gasteiger charge is 2.22. The summed E-state index contributed by atoms with van der Waals surface area (Å²) in [5, 5.41) is 24.7. The fourth-order valence-electron chi connectivity index (χ4n) is 3.72. The third-order valence-electron chi connectivity index (χ3n) is 5.68. The van der Waals surface area contributed by atoms with E-state index in [0.29, 0.717) is 32.6 Å². The number of hydrogen-bond donors (Lipinski definition) is 2. The van der Waals surface area contributed by atoms with Gasteiger partial charge in [-0.15, -0.1) is 0 Å². The smallest absolute Gasteiger partial charge is 0.291 e. The Morgan fingerprint density at radius 3 is 1.97 bits per heavy atom. The first kappa shape index (κ1) is 27.4. The molecule has 0 spiro atoms. The number of hydrogen-bond acceptors (Lipinski definition) is 7. The number of nitrogens with one attached hydrogen (secondary N) is 1. The molecule has 0 bridgehead atoms. The predicted molar refractivity (Wildman–Crippen MR) is 151 cm³/mol. The molecule has 12 heteroatoms. The second-order valence-corrected chi connectivity index (χ2v) is 10.7. The maximum atomic E-state index is 13.2. The van der Waals surface area contributed by atoms with Crippen LogP contribution in [0.15, 0.2) is 87.6 Å². The average Bonchev–Trinajstić information content (AvgIpc) is 2.91. The molecule has 4 rings (SSSR count). The molecule has 0 saturated carbocycles. The highest BCUT2D eigenvalue weighted by molar-refractivity contribution is 7.92. The molecule has 1 heterocycles. The number of pyridine rings is 1. The minimum atomic E-state index is -3.84. The van der Waals surface area contributed by atoms with E-state index in [9.17, 15) is 23.7 Å². The van der Waals surface area contributed by atoms with Gasteiger partial charge >= 0.3 is 0 Å². The summed E-state index contributed by atoms with van der Waals surface area (Å²) in [5.74, 6) is -0.238. The van der Waals surface area contributed by atoms with Crippen molar-refractivity contribution in [2.75, 3.05) is 10.5 Å². The molecule has 39 heavy (non-hydrogen) atoms. The van der Waals surface area contributed by atoms with Crippen molar-refractivity contribution in [2.45, 2.75) is 11.8 Å². The number of rotatable bonds is 6. The molecule has 0 radical (unpaired) electrons. The molecule has 3 aromatic carbocycles. The lowest BCUT2D eigenvalue weighted by molar-refractivity contribution is 0.601. The zero-order chi connectivity index (χ0) is 28.3. The molecule has 3 N–H and O–H groups in total. The van der Waals surface area contributed by atoms with Gasteiger partial charge in [-0.2, -0.15) is 20.3 Å². The summed E-state index contributed by atoms with van der Waals surface area (Å²) in [6.45, 7) is 1.60. The number of benzene rings is 3. The van der Waals surface area contributed by atoms with Gasteiger partial charge in [-0.3, -0.25) is 9.52 Å². The van der Waals surface area contributed by atoms with Gasteiger partial charge in [0.25, 0.3) is 15.6 Å². The zero-order valence-electron chi connectivity index (χ0n) is 20.2. The number of nitrogens with two attached hydrogens (primary N) is 1.